The summed E-state index contributed by atoms with van der Waals surface area (Å²) in [5.74, 6) is 0. The molecule has 1 aliphatic carbocycles. The van der Waals surface area contributed by atoms with E-state index in [4.69, 9.17) is 5.73 Å². The van der Waals surface area contributed by atoms with Gasteiger partial charge in [0.2, 0.25) is 0 Å². The average molecular weight is 272 g/mol. The van der Waals surface area contributed by atoms with Gasteiger partial charge in [0, 0.05) is 18.8 Å². The molecule has 1 aliphatic heterocycles. The van der Waals surface area contributed by atoms with Crippen LogP contribution in [0.5, 0.6) is 0 Å². The van der Waals surface area contributed by atoms with Gasteiger partial charge in [0.15, 0.2) is 0 Å². The number of nitrogens with two attached hydrogens (primary N) is 1. The van der Waals surface area contributed by atoms with Gasteiger partial charge in [-0.15, -0.1) is 0 Å². The molecule has 0 atom stereocenters. The fraction of sp³-hybridized carbons (Fsp3) is 0.667. The molecule has 2 N–H and O–H groups in total. The van der Waals surface area contributed by atoms with E-state index in [1.54, 1.807) is 0 Å². The molecule has 0 radical (unpaired) electrons. The zero-order chi connectivity index (χ0) is 13.8. The van der Waals surface area contributed by atoms with Crippen LogP contribution < -0.4 is 10.6 Å². The summed E-state index contributed by atoms with van der Waals surface area (Å²) in [4.78, 5) is 2.60. The van der Waals surface area contributed by atoms with Gasteiger partial charge in [-0.1, -0.05) is 37.5 Å². The fourth-order valence-electron chi connectivity index (χ4n) is 4.21. The van der Waals surface area contributed by atoms with Gasteiger partial charge < -0.3 is 10.6 Å². The number of nitrogens with zero attached hydrogens (tertiary/aromatic N) is 1. The van der Waals surface area contributed by atoms with Crippen LogP contribution in [0.3, 0.4) is 0 Å². The quantitative estimate of drug-likeness (QED) is 0.908. The summed E-state index contributed by atoms with van der Waals surface area (Å²) in [7, 11) is 0. The first-order chi connectivity index (χ1) is 9.83. The molecule has 2 aliphatic rings. The maximum atomic E-state index is 5.75. The molecule has 2 nitrogen and oxygen atoms in total. The number of benzene rings is 1. The van der Waals surface area contributed by atoms with Crippen LogP contribution in [0.4, 0.5) is 5.69 Å². The molecular weight excluding hydrogens is 244 g/mol. The second-order valence-electron chi connectivity index (χ2n) is 6.72. The normalized spacial score (nSPS) is 22.1. The Balaban J connectivity index is 1.68. The molecule has 3 rings (SSSR count). The van der Waals surface area contributed by atoms with Crippen LogP contribution in [0.25, 0.3) is 0 Å². The third-order valence-electron chi connectivity index (χ3n) is 5.48. The van der Waals surface area contributed by atoms with Crippen molar-refractivity contribution < 1.29 is 0 Å². The van der Waals surface area contributed by atoms with Crippen molar-refractivity contribution in [2.75, 3.05) is 24.5 Å². The lowest BCUT2D eigenvalue weighted by Crippen LogP contribution is -2.41. The predicted octanol–water partition coefficient (Wildman–Crippen LogP) is 3.74. The molecule has 0 aromatic heterocycles. The topological polar surface area (TPSA) is 29.3 Å². The zero-order valence-corrected chi connectivity index (χ0v) is 12.6. The van der Waals surface area contributed by atoms with E-state index >= 15 is 0 Å². The number of anilines is 1. The monoisotopic (exact) mass is 272 g/mol. The van der Waals surface area contributed by atoms with Crippen LogP contribution in [0.2, 0.25) is 0 Å². The smallest absolute Gasteiger partial charge is 0.0399 e. The van der Waals surface area contributed by atoms with Crippen molar-refractivity contribution in [1.82, 2.24) is 0 Å². The summed E-state index contributed by atoms with van der Waals surface area (Å²) in [5.41, 5.74) is 9.30. The van der Waals surface area contributed by atoms with E-state index in [0.717, 1.165) is 13.0 Å². The predicted molar refractivity (Wildman–Crippen MR) is 86.2 cm³/mol. The minimum absolute atomic E-state index is 0.692. The standard InChI is InChI=1S/C18H28N2/c19-13-8-16-6-2-3-7-17(16)20-14-11-18(12-15-20)9-4-1-5-10-18/h2-3,6-7H,1,4-5,8-15,19H2. The number of hydrogen-bond donors (Lipinski definition) is 1. The molecule has 1 heterocycles. The molecule has 2 fully saturated rings. The number of hydrogen-bond acceptors (Lipinski definition) is 2. The first-order valence-corrected chi connectivity index (χ1v) is 8.36. The molecule has 1 aromatic rings. The molecule has 110 valence electrons. The Kier molecular flexibility index (Phi) is 4.30. The maximum Gasteiger partial charge on any atom is 0.0399 e. The lowest BCUT2D eigenvalue weighted by atomic mass is 9.68. The fourth-order valence-corrected chi connectivity index (χ4v) is 4.21. The van der Waals surface area contributed by atoms with E-state index in [0.29, 0.717) is 5.41 Å². The van der Waals surface area contributed by atoms with Gasteiger partial charge in [-0.05, 0) is 55.7 Å². The second-order valence-corrected chi connectivity index (χ2v) is 6.72. The Morgan fingerprint density at radius 2 is 1.65 bits per heavy atom. The van der Waals surface area contributed by atoms with E-state index in [1.807, 2.05) is 0 Å². The van der Waals surface area contributed by atoms with E-state index < -0.39 is 0 Å². The summed E-state index contributed by atoms with van der Waals surface area (Å²) < 4.78 is 0. The van der Waals surface area contributed by atoms with Crippen LogP contribution in [-0.2, 0) is 6.42 Å². The SMILES string of the molecule is NCCc1ccccc1N1CCC2(CCCCC2)CC1. The summed E-state index contributed by atoms with van der Waals surface area (Å²) >= 11 is 0. The first-order valence-electron chi connectivity index (χ1n) is 8.36. The third kappa shape index (κ3) is 2.85. The minimum atomic E-state index is 0.692. The van der Waals surface area contributed by atoms with Gasteiger partial charge >= 0.3 is 0 Å². The zero-order valence-electron chi connectivity index (χ0n) is 12.6. The molecule has 0 unspecified atom stereocenters. The van der Waals surface area contributed by atoms with Crippen LogP contribution in [-0.4, -0.2) is 19.6 Å². The highest BCUT2D eigenvalue weighted by Gasteiger charge is 2.35. The van der Waals surface area contributed by atoms with Crippen molar-refractivity contribution in [2.45, 2.75) is 51.4 Å². The summed E-state index contributed by atoms with van der Waals surface area (Å²) in [6.45, 7) is 3.22. The van der Waals surface area contributed by atoms with E-state index in [-0.39, 0.29) is 0 Å². The molecule has 1 saturated heterocycles. The highest BCUT2D eigenvalue weighted by molar-refractivity contribution is 5.54. The molecule has 1 saturated carbocycles. The summed E-state index contributed by atoms with van der Waals surface area (Å²) in [5, 5.41) is 0. The molecule has 1 aromatic carbocycles. The maximum absolute atomic E-state index is 5.75. The Morgan fingerprint density at radius 1 is 0.950 bits per heavy atom. The van der Waals surface area contributed by atoms with E-state index in [1.165, 1.54) is 69.3 Å². The molecule has 20 heavy (non-hydrogen) atoms. The number of piperidine rings is 1. The van der Waals surface area contributed by atoms with Crippen LogP contribution in [0.1, 0.15) is 50.5 Å². The van der Waals surface area contributed by atoms with Crippen LogP contribution in [0.15, 0.2) is 24.3 Å². The molecule has 2 heteroatoms. The van der Waals surface area contributed by atoms with Gasteiger partial charge in [-0.3, -0.25) is 0 Å². The van der Waals surface area contributed by atoms with Crippen LogP contribution in [0, 0.1) is 5.41 Å². The van der Waals surface area contributed by atoms with E-state index in [9.17, 15) is 0 Å². The first kappa shape index (κ1) is 13.9. The Bertz CT molecular complexity index is 425. The van der Waals surface area contributed by atoms with Gasteiger partial charge in [0.05, 0.1) is 0 Å². The number of rotatable bonds is 3. The largest absolute Gasteiger partial charge is 0.371 e. The van der Waals surface area contributed by atoms with Gasteiger partial charge in [-0.25, -0.2) is 0 Å². The van der Waals surface area contributed by atoms with Crippen molar-refractivity contribution in [3.05, 3.63) is 29.8 Å². The Hall–Kier alpha value is -1.02. The minimum Gasteiger partial charge on any atom is -0.371 e. The lowest BCUT2D eigenvalue weighted by molar-refractivity contribution is 0.144. The lowest BCUT2D eigenvalue weighted by Gasteiger charge is -2.45. The van der Waals surface area contributed by atoms with Crippen molar-refractivity contribution in [2.24, 2.45) is 11.1 Å². The molecule has 0 amide bonds. The highest BCUT2D eigenvalue weighted by Crippen LogP contribution is 2.45. The highest BCUT2D eigenvalue weighted by atomic mass is 15.1. The Morgan fingerprint density at radius 3 is 2.35 bits per heavy atom. The van der Waals surface area contributed by atoms with Gasteiger partial charge in [0.1, 0.15) is 0 Å². The van der Waals surface area contributed by atoms with Gasteiger partial charge in [-0.2, -0.15) is 0 Å². The van der Waals surface area contributed by atoms with Crippen molar-refractivity contribution in [3.8, 4) is 0 Å². The van der Waals surface area contributed by atoms with Gasteiger partial charge in [0.25, 0.3) is 0 Å². The summed E-state index contributed by atoms with van der Waals surface area (Å²) in [6, 6.07) is 8.83. The van der Waals surface area contributed by atoms with Crippen LogP contribution >= 0.6 is 0 Å². The molecule has 1 spiro atoms. The van der Waals surface area contributed by atoms with Crippen molar-refractivity contribution in [1.29, 1.82) is 0 Å². The average Bonchev–Trinajstić information content (AvgIpc) is 2.50. The number of para-hydroxylation sites is 1. The summed E-state index contributed by atoms with van der Waals surface area (Å²) in [6.07, 6.45) is 11.1. The van der Waals surface area contributed by atoms with E-state index in [2.05, 4.69) is 29.2 Å². The van der Waals surface area contributed by atoms with Crippen molar-refractivity contribution in [3.63, 3.8) is 0 Å². The second kappa shape index (κ2) is 6.17. The van der Waals surface area contributed by atoms with Crippen molar-refractivity contribution >= 4 is 5.69 Å². The Labute approximate surface area is 123 Å². The third-order valence-corrected chi connectivity index (χ3v) is 5.48. The molecular formula is C18H28N2. The molecule has 0 bridgehead atoms.